The first kappa shape index (κ1) is 29.6. The van der Waals surface area contributed by atoms with Gasteiger partial charge in [-0.25, -0.2) is 19.9 Å². The molecule has 1 N–H and O–H groups in total. The lowest BCUT2D eigenvalue weighted by Gasteiger charge is -2.42. The standard InChI is InChI=1S/C29H32F3N7O2S/c1-17(2)15-39-13-6-5-10-25(39)38(4)27-19(11-12-23(36-27)29(30,31)32)20-14-24(34-16-33-20)41-21-8-7-9-22-26(21)37-28(42-22)35-18(3)40/h7-9,11-12,14,16-17,25H,5-6,10,13,15H2,1-4H3,(H,35,37,40)/t25-/m0/s1. The first-order chi connectivity index (χ1) is 20.0. The lowest BCUT2D eigenvalue weighted by atomic mass is 10.0. The van der Waals surface area contributed by atoms with Gasteiger partial charge in [-0.15, -0.1) is 0 Å². The Morgan fingerprint density at radius 3 is 2.74 bits per heavy atom. The zero-order chi connectivity index (χ0) is 30.0. The molecule has 0 aliphatic carbocycles. The number of likely N-dealkylation sites (tertiary alicyclic amines) is 1. The molecule has 4 aromatic rings. The van der Waals surface area contributed by atoms with Crippen LogP contribution in [0.4, 0.5) is 24.1 Å². The van der Waals surface area contributed by atoms with Crippen molar-refractivity contribution < 1.29 is 22.7 Å². The van der Waals surface area contributed by atoms with Crippen LogP contribution in [0, 0.1) is 5.92 Å². The van der Waals surface area contributed by atoms with E-state index in [9.17, 15) is 18.0 Å². The number of aromatic nitrogens is 4. The molecule has 0 unspecified atom stereocenters. The van der Waals surface area contributed by atoms with Gasteiger partial charge >= 0.3 is 6.18 Å². The highest BCUT2D eigenvalue weighted by Crippen LogP contribution is 2.38. The number of pyridine rings is 1. The summed E-state index contributed by atoms with van der Waals surface area (Å²) in [6.07, 6.45) is -0.549. The van der Waals surface area contributed by atoms with E-state index in [0.29, 0.717) is 33.6 Å². The number of anilines is 2. The molecule has 1 aliphatic heterocycles. The fourth-order valence-electron chi connectivity index (χ4n) is 5.18. The topological polar surface area (TPSA) is 96.4 Å². The van der Waals surface area contributed by atoms with Gasteiger partial charge in [0.05, 0.1) is 16.6 Å². The number of piperidine rings is 1. The average molecular weight is 600 g/mol. The molecule has 9 nitrogen and oxygen atoms in total. The Morgan fingerprint density at radius 1 is 1.19 bits per heavy atom. The number of nitrogens with one attached hydrogen (secondary N) is 1. The lowest BCUT2D eigenvalue weighted by molar-refractivity contribution is -0.141. The van der Waals surface area contributed by atoms with Crippen LogP contribution in [0.3, 0.4) is 0 Å². The molecule has 1 aliphatic rings. The van der Waals surface area contributed by atoms with Crippen LogP contribution in [0.15, 0.2) is 42.7 Å². The first-order valence-corrected chi connectivity index (χ1v) is 14.5. The van der Waals surface area contributed by atoms with Gasteiger partial charge in [0.25, 0.3) is 0 Å². The summed E-state index contributed by atoms with van der Waals surface area (Å²) in [5, 5.41) is 3.12. The predicted molar refractivity (Wildman–Crippen MR) is 157 cm³/mol. The van der Waals surface area contributed by atoms with Gasteiger partial charge in [-0.3, -0.25) is 9.69 Å². The summed E-state index contributed by atoms with van der Waals surface area (Å²) >= 11 is 1.31. The largest absolute Gasteiger partial charge is 0.437 e. The third kappa shape index (κ3) is 6.62. The molecule has 0 radical (unpaired) electrons. The van der Waals surface area contributed by atoms with Crippen LogP contribution in [0.1, 0.15) is 45.7 Å². The van der Waals surface area contributed by atoms with Crippen LogP contribution in [0.2, 0.25) is 0 Å². The SMILES string of the molecule is CC(=O)Nc1nc2c(Oc3cc(-c4ccc(C(F)(F)F)nc4N(C)[C@@H]4CCCCN4CC(C)C)ncn3)cccc2s1. The fraction of sp³-hybridized carbons (Fsp3) is 0.414. The molecule has 1 aromatic carbocycles. The number of hydrogen-bond donors (Lipinski definition) is 1. The molecule has 0 saturated carbocycles. The van der Waals surface area contributed by atoms with Crippen LogP contribution >= 0.6 is 11.3 Å². The summed E-state index contributed by atoms with van der Waals surface area (Å²) in [7, 11) is 1.80. The highest BCUT2D eigenvalue weighted by atomic mass is 32.1. The molecule has 13 heteroatoms. The smallest absolute Gasteiger partial charge is 0.433 e. The number of thiazole rings is 1. The first-order valence-electron chi connectivity index (χ1n) is 13.7. The second-order valence-corrected chi connectivity index (χ2v) is 11.7. The average Bonchev–Trinajstić information content (AvgIpc) is 3.35. The zero-order valence-electron chi connectivity index (χ0n) is 23.8. The molecule has 3 aromatic heterocycles. The molecule has 42 heavy (non-hydrogen) atoms. The predicted octanol–water partition coefficient (Wildman–Crippen LogP) is 6.82. The number of ether oxygens (including phenoxy) is 1. The summed E-state index contributed by atoms with van der Waals surface area (Å²) in [4.78, 5) is 32.9. The van der Waals surface area contributed by atoms with Crippen LogP contribution in [0.25, 0.3) is 21.5 Å². The van der Waals surface area contributed by atoms with Crippen molar-refractivity contribution in [2.75, 3.05) is 30.4 Å². The molecule has 0 bridgehead atoms. The normalized spacial score (nSPS) is 16.1. The molecule has 1 fully saturated rings. The van der Waals surface area contributed by atoms with Crippen LogP contribution in [0.5, 0.6) is 11.6 Å². The summed E-state index contributed by atoms with van der Waals surface area (Å²) in [5.41, 5.74) is 0.395. The van der Waals surface area contributed by atoms with Gasteiger partial charge in [-0.1, -0.05) is 31.3 Å². The van der Waals surface area contributed by atoms with Gasteiger partial charge < -0.3 is 15.0 Å². The Balaban J connectivity index is 1.51. The monoisotopic (exact) mass is 599 g/mol. The fourth-order valence-corrected chi connectivity index (χ4v) is 6.10. The van der Waals surface area contributed by atoms with Crippen molar-refractivity contribution in [3.05, 3.63) is 48.4 Å². The number of alkyl halides is 3. The summed E-state index contributed by atoms with van der Waals surface area (Å²) < 4.78 is 48.3. The summed E-state index contributed by atoms with van der Waals surface area (Å²) in [5.74, 6) is 0.972. The number of carbonyl (C=O) groups excluding carboxylic acids is 1. The second kappa shape index (κ2) is 12.2. The number of para-hydroxylation sites is 1. The molecule has 1 atom stereocenters. The number of hydrogen-bond acceptors (Lipinski definition) is 9. The summed E-state index contributed by atoms with van der Waals surface area (Å²) in [6, 6.07) is 9.35. The van der Waals surface area contributed by atoms with Crippen molar-refractivity contribution in [3.63, 3.8) is 0 Å². The Morgan fingerprint density at radius 2 is 2.00 bits per heavy atom. The third-order valence-corrected chi connectivity index (χ3v) is 7.86. The highest BCUT2D eigenvalue weighted by molar-refractivity contribution is 7.22. The van der Waals surface area contributed by atoms with E-state index in [2.05, 4.69) is 44.0 Å². The van der Waals surface area contributed by atoms with E-state index in [1.165, 1.54) is 30.7 Å². The Hall–Kier alpha value is -3.84. The molecule has 4 heterocycles. The molecule has 1 saturated heterocycles. The van der Waals surface area contributed by atoms with E-state index in [4.69, 9.17) is 4.74 Å². The number of benzene rings is 1. The van der Waals surface area contributed by atoms with E-state index >= 15 is 0 Å². The van der Waals surface area contributed by atoms with Crippen molar-refractivity contribution in [2.24, 2.45) is 5.92 Å². The number of rotatable bonds is 8. The molecule has 0 spiro atoms. The minimum Gasteiger partial charge on any atom is -0.437 e. The molecule has 1 amide bonds. The number of fused-ring (bicyclic) bond motifs is 1. The van der Waals surface area contributed by atoms with Gasteiger partial charge in [-0.2, -0.15) is 13.2 Å². The minimum absolute atomic E-state index is 0.103. The van der Waals surface area contributed by atoms with Gasteiger partial charge in [0.15, 0.2) is 10.9 Å². The Kier molecular flexibility index (Phi) is 8.60. The number of nitrogens with zero attached hydrogens (tertiary/aromatic N) is 6. The maximum atomic E-state index is 13.8. The van der Waals surface area contributed by atoms with E-state index in [-0.39, 0.29) is 23.8 Å². The Labute approximate surface area is 245 Å². The van der Waals surface area contributed by atoms with Crippen molar-refractivity contribution >= 4 is 38.4 Å². The maximum Gasteiger partial charge on any atom is 0.433 e. The van der Waals surface area contributed by atoms with E-state index in [0.717, 1.165) is 43.1 Å². The van der Waals surface area contributed by atoms with Gasteiger partial charge in [0, 0.05) is 38.7 Å². The van der Waals surface area contributed by atoms with E-state index in [1.54, 1.807) is 25.2 Å². The van der Waals surface area contributed by atoms with Crippen molar-refractivity contribution in [3.8, 4) is 22.9 Å². The molecular weight excluding hydrogens is 567 g/mol. The summed E-state index contributed by atoms with van der Waals surface area (Å²) in [6.45, 7) is 7.38. The van der Waals surface area contributed by atoms with Crippen LogP contribution < -0.4 is 15.0 Å². The lowest BCUT2D eigenvalue weighted by Crippen LogP contribution is -2.51. The van der Waals surface area contributed by atoms with Gasteiger partial charge in [0.2, 0.25) is 11.8 Å². The minimum atomic E-state index is -4.60. The van der Waals surface area contributed by atoms with Crippen LogP contribution in [-0.4, -0.2) is 57.0 Å². The van der Waals surface area contributed by atoms with Gasteiger partial charge in [-0.05, 0) is 49.4 Å². The third-order valence-electron chi connectivity index (χ3n) is 6.92. The number of halogens is 3. The Bertz CT molecular complexity index is 1580. The van der Waals surface area contributed by atoms with Crippen molar-refractivity contribution in [2.45, 2.75) is 52.4 Å². The van der Waals surface area contributed by atoms with Gasteiger partial charge in [0.1, 0.15) is 23.4 Å². The quantitative estimate of drug-likeness (QED) is 0.236. The van der Waals surface area contributed by atoms with E-state index < -0.39 is 11.9 Å². The highest BCUT2D eigenvalue weighted by Gasteiger charge is 2.35. The zero-order valence-corrected chi connectivity index (χ0v) is 24.6. The van der Waals surface area contributed by atoms with E-state index in [1.807, 2.05) is 11.0 Å². The number of amides is 1. The second-order valence-electron chi connectivity index (χ2n) is 10.7. The maximum absolute atomic E-state index is 13.8. The van der Waals surface area contributed by atoms with Crippen molar-refractivity contribution in [1.82, 2.24) is 24.8 Å². The molecule has 5 rings (SSSR count). The molecule has 222 valence electrons. The van der Waals surface area contributed by atoms with Crippen LogP contribution in [-0.2, 0) is 11.0 Å². The van der Waals surface area contributed by atoms with Crippen molar-refractivity contribution in [1.29, 1.82) is 0 Å². The molecular formula is C29H32F3N7O2S. The number of carbonyl (C=O) groups is 1.